The first kappa shape index (κ1) is 10.4. The monoisotopic (exact) mass is 216 g/mol. The molecule has 1 heterocycles. The predicted octanol–water partition coefficient (Wildman–Crippen LogP) is 1.82. The Labute approximate surface area is 93.3 Å². The highest BCUT2D eigenvalue weighted by atomic mass is 16.5. The first-order valence-electron chi connectivity index (χ1n) is 4.94. The molecule has 82 valence electrons. The number of H-pyrrole nitrogens is 1. The number of aldehydes is 1. The number of carbonyl (C=O) groups is 1. The van der Waals surface area contributed by atoms with E-state index in [4.69, 9.17) is 4.74 Å². The molecule has 0 aliphatic rings. The highest BCUT2D eigenvalue weighted by Gasteiger charge is 2.01. The van der Waals surface area contributed by atoms with Gasteiger partial charge >= 0.3 is 0 Å². The summed E-state index contributed by atoms with van der Waals surface area (Å²) in [6.07, 6.45) is 2.97. The number of nitrogens with zero attached hydrogens (tertiary/aromatic N) is 1. The van der Waals surface area contributed by atoms with Gasteiger partial charge in [-0.1, -0.05) is 12.1 Å². The van der Waals surface area contributed by atoms with Crippen molar-refractivity contribution >= 4 is 6.29 Å². The van der Waals surface area contributed by atoms with Gasteiger partial charge in [-0.2, -0.15) is 0 Å². The van der Waals surface area contributed by atoms with E-state index < -0.39 is 0 Å². The zero-order valence-corrected chi connectivity index (χ0v) is 8.93. The highest BCUT2D eigenvalue weighted by Crippen LogP contribution is 2.13. The number of aromatic amines is 1. The van der Waals surface area contributed by atoms with Crippen molar-refractivity contribution < 1.29 is 9.53 Å². The van der Waals surface area contributed by atoms with Crippen LogP contribution in [0.3, 0.4) is 0 Å². The van der Waals surface area contributed by atoms with Crippen LogP contribution in [0.25, 0.3) is 0 Å². The van der Waals surface area contributed by atoms with Gasteiger partial charge < -0.3 is 9.72 Å². The minimum Gasteiger partial charge on any atom is -0.497 e. The van der Waals surface area contributed by atoms with E-state index >= 15 is 0 Å². The van der Waals surface area contributed by atoms with Crippen LogP contribution in [0.1, 0.15) is 21.9 Å². The molecule has 0 saturated carbocycles. The molecule has 2 rings (SSSR count). The van der Waals surface area contributed by atoms with E-state index in [1.54, 1.807) is 7.11 Å². The molecule has 1 aromatic carbocycles. The van der Waals surface area contributed by atoms with Crippen LogP contribution in [-0.2, 0) is 6.42 Å². The van der Waals surface area contributed by atoms with E-state index in [1.807, 2.05) is 24.3 Å². The fourth-order valence-electron chi connectivity index (χ4n) is 1.47. The summed E-state index contributed by atoms with van der Waals surface area (Å²) in [7, 11) is 1.64. The van der Waals surface area contributed by atoms with Crippen molar-refractivity contribution in [3.05, 3.63) is 47.5 Å². The van der Waals surface area contributed by atoms with Crippen molar-refractivity contribution in [2.24, 2.45) is 0 Å². The summed E-state index contributed by atoms with van der Waals surface area (Å²) in [6.45, 7) is 0. The Hall–Kier alpha value is -2.10. The quantitative estimate of drug-likeness (QED) is 0.793. The highest BCUT2D eigenvalue weighted by molar-refractivity contribution is 5.71. The third-order valence-corrected chi connectivity index (χ3v) is 2.31. The zero-order chi connectivity index (χ0) is 11.4. The average molecular weight is 216 g/mol. The molecule has 4 nitrogen and oxygen atoms in total. The molecular weight excluding hydrogens is 204 g/mol. The molecule has 0 fully saturated rings. The lowest BCUT2D eigenvalue weighted by Gasteiger charge is -2.01. The number of methoxy groups -OCH3 is 1. The SMILES string of the molecule is COc1ccc(Cc2ncc(C=O)[nH]2)cc1. The van der Waals surface area contributed by atoms with Crippen molar-refractivity contribution in [3.8, 4) is 5.75 Å². The van der Waals surface area contributed by atoms with Crippen LogP contribution in [0.2, 0.25) is 0 Å². The van der Waals surface area contributed by atoms with E-state index in [9.17, 15) is 4.79 Å². The number of carbonyl (C=O) groups excluding carboxylic acids is 1. The molecule has 0 unspecified atom stereocenters. The summed E-state index contributed by atoms with van der Waals surface area (Å²) in [5.74, 6) is 1.61. The van der Waals surface area contributed by atoms with Crippen LogP contribution in [-0.4, -0.2) is 23.4 Å². The van der Waals surface area contributed by atoms with E-state index in [0.717, 1.165) is 23.4 Å². The summed E-state index contributed by atoms with van der Waals surface area (Å²) in [6, 6.07) is 7.75. The van der Waals surface area contributed by atoms with E-state index in [-0.39, 0.29) is 0 Å². The van der Waals surface area contributed by atoms with Crippen LogP contribution >= 0.6 is 0 Å². The van der Waals surface area contributed by atoms with E-state index in [1.165, 1.54) is 6.20 Å². The van der Waals surface area contributed by atoms with Gasteiger partial charge in [0.05, 0.1) is 19.0 Å². The molecule has 0 bridgehead atoms. The van der Waals surface area contributed by atoms with Crippen LogP contribution in [0.4, 0.5) is 0 Å². The molecule has 4 heteroatoms. The van der Waals surface area contributed by atoms with Crippen LogP contribution in [0.15, 0.2) is 30.5 Å². The van der Waals surface area contributed by atoms with Gasteiger partial charge in [-0.05, 0) is 17.7 Å². The minimum absolute atomic E-state index is 0.503. The van der Waals surface area contributed by atoms with Crippen molar-refractivity contribution in [2.75, 3.05) is 7.11 Å². The lowest BCUT2D eigenvalue weighted by Crippen LogP contribution is -1.91. The molecule has 0 aliphatic heterocycles. The summed E-state index contributed by atoms with van der Waals surface area (Å²) in [5, 5.41) is 0. The number of hydrogen-bond acceptors (Lipinski definition) is 3. The Bertz CT molecular complexity index is 474. The minimum atomic E-state index is 0.503. The number of hydrogen-bond donors (Lipinski definition) is 1. The number of aromatic nitrogens is 2. The zero-order valence-electron chi connectivity index (χ0n) is 8.93. The van der Waals surface area contributed by atoms with Crippen molar-refractivity contribution in [1.82, 2.24) is 9.97 Å². The second-order valence-electron chi connectivity index (χ2n) is 3.43. The maximum absolute atomic E-state index is 10.5. The third-order valence-electron chi connectivity index (χ3n) is 2.31. The molecule has 0 atom stereocenters. The Morgan fingerprint density at radius 2 is 2.12 bits per heavy atom. The van der Waals surface area contributed by atoms with Gasteiger partial charge in [0, 0.05) is 6.42 Å². The Balaban J connectivity index is 2.10. The molecule has 0 radical (unpaired) electrons. The largest absolute Gasteiger partial charge is 0.497 e. The van der Waals surface area contributed by atoms with Gasteiger partial charge in [-0.3, -0.25) is 4.79 Å². The fourth-order valence-corrected chi connectivity index (χ4v) is 1.47. The third kappa shape index (κ3) is 2.28. The molecule has 0 saturated heterocycles. The smallest absolute Gasteiger partial charge is 0.167 e. The van der Waals surface area contributed by atoms with Gasteiger partial charge in [0.25, 0.3) is 0 Å². The summed E-state index contributed by atoms with van der Waals surface area (Å²) in [5.41, 5.74) is 1.62. The van der Waals surface area contributed by atoms with Crippen LogP contribution in [0.5, 0.6) is 5.75 Å². The van der Waals surface area contributed by atoms with Crippen LogP contribution in [0, 0.1) is 0 Å². The van der Waals surface area contributed by atoms with Crippen molar-refractivity contribution in [2.45, 2.75) is 6.42 Å². The van der Waals surface area contributed by atoms with Gasteiger partial charge in [0.2, 0.25) is 0 Å². The molecule has 16 heavy (non-hydrogen) atoms. The van der Waals surface area contributed by atoms with Gasteiger partial charge in [-0.15, -0.1) is 0 Å². The molecule has 0 amide bonds. The second-order valence-corrected chi connectivity index (χ2v) is 3.43. The normalized spacial score (nSPS) is 10.1. The Morgan fingerprint density at radius 1 is 1.38 bits per heavy atom. The number of nitrogens with one attached hydrogen (secondary N) is 1. The summed E-state index contributed by atoms with van der Waals surface area (Å²) < 4.78 is 5.07. The van der Waals surface area contributed by atoms with Crippen LogP contribution < -0.4 is 4.74 Å². The maximum Gasteiger partial charge on any atom is 0.167 e. The molecule has 1 N–H and O–H groups in total. The van der Waals surface area contributed by atoms with E-state index in [2.05, 4.69) is 9.97 Å². The standard InChI is InChI=1S/C12H12N2O2/c1-16-11-4-2-9(3-5-11)6-12-13-7-10(8-15)14-12/h2-5,7-8H,6H2,1H3,(H,13,14). The first-order valence-corrected chi connectivity index (χ1v) is 4.94. The van der Waals surface area contributed by atoms with Gasteiger partial charge in [-0.25, -0.2) is 4.98 Å². The molecule has 1 aromatic heterocycles. The molecular formula is C12H12N2O2. The lowest BCUT2D eigenvalue weighted by molar-refractivity contribution is 0.111. The van der Waals surface area contributed by atoms with Crippen molar-refractivity contribution in [1.29, 1.82) is 0 Å². The topological polar surface area (TPSA) is 55.0 Å². The summed E-state index contributed by atoms with van der Waals surface area (Å²) in [4.78, 5) is 17.5. The average Bonchev–Trinajstić information content (AvgIpc) is 2.78. The molecule has 0 aliphatic carbocycles. The number of ether oxygens (including phenoxy) is 1. The predicted molar refractivity (Wildman–Crippen MR) is 59.8 cm³/mol. The summed E-state index contributed by atoms with van der Waals surface area (Å²) >= 11 is 0. The first-order chi connectivity index (χ1) is 7.81. The van der Waals surface area contributed by atoms with E-state index in [0.29, 0.717) is 12.1 Å². The van der Waals surface area contributed by atoms with Gasteiger partial charge in [0.15, 0.2) is 6.29 Å². The number of benzene rings is 1. The lowest BCUT2D eigenvalue weighted by atomic mass is 10.1. The molecule has 2 aromatic rings. The Morgan fingerprint density at radius 3 is 2.69 bits per heavy atom. The second kappa shape index (κ2) is 4.61. The van der Waals surface area contributed by atoms with Crippen molar-refractivity contribution in [3.63, 3.8) is 0 Å². The number of rotatable bonds is 4. The van der Waals surface area contributed by atoms with Gasteiger partial charge in [0.1, 0.15) is 11.6 Å². The Kier molecular flexibility index (Phi) is 3.00. The number of imidazole rings is 1. The fraction of sp³-hybridized carbons (Fsp3) is 0.167. The molecule has 0 spiro atoms. The maximum atomic E-state index is 10.5.